The Morgan fingerprint density at radius 3 is 2.70 bits per heavy atom. The number of carbonyl (C=O) groups excluding carboxylic acids is 1. The average Bonchev–Trinajstić information content (AvgIpc) is 2.56. The van der Waals surface area contributed by atoms with Gasteiger partial charge in [0.05, 0.1) is 18.5 Å². The molecule has 23 heavy (non-hydrogen) atoms. The lowest BCUT2D eigenvalue weighted by molar-refractivity contribution is 0.144. The van der Waals surface area contributed by atoms with Crippen LogP contribution in [0.5, 0.6) is 5.88 Å². The number of nitrogens with zero attached hydrogens (tertiary/aromatic N) is 2. The minimum absolute atomic E-state index is 0.336. The van der Waals surface area contributed by atoms with Crippen molar-refractivity contribution in [3.05, 3.63) is 42.2 Å². The first-order valence-corrected chi connectivity index (χ1v) is 7.00. The molecule has 0 unspecified atom stereocenters. The summed E-state index contributed by atoms with van der Waals surface area (Å²) in [6.07, 6.45) is 3.13. The van der Waals surface area contributed by atoms with Crippen LogP contribution in [-0.4, -0.2) is 36.3 Å². The summed E-state index contributed by atoms with van der Waals surface area (Å²) < 4.78 is 10.2. The number of nitrogen functional groups attached to an aromatic ring is 1. The smallest absolute Gasteiger partial charge is 0.319 e. The lowest BCUT2D eigenvalue weighted by Crippen LogP contribution is -2.28. The lowest BCUT2D eigenvalue weighted by atomic mass is 10.3. The Labute approximate surface area is 134 Å². The van der Waals surface area contributed by atoms with Crippen LogP contribution in [0.3, 0.4) is 0 Å². The second-order valence-corrected chi connectivity index (χ2v) is 4.63. The summed E-state index contributed by atoms with van der Waals surface area (Å²) in [6.45, 7) is 1.27. The minimum atomic E-state index is -0.336. The fraction of sp³-hybridized carbons (Fsp3) is 0.267. The van der Waals surface area contributed by atoms with E-state index in [1.807, 2.05) is 0 Å². The zero-order valence-electron chi connectivity index (χ0n) is 12.8. The molecule has 0 saturated heterocycles. The molecular formula is C15H19N5O3. The van der Waals surface area contributed by atoms with Crippen LogP contribution in [0.15, 0.2) is 36.7 Å². The number of methoxy groups -OCH3 is 1. The van der Waals surface area contributed by atoms with Crippen LogP contribution in [0.25, 0.3) is 0 Å². The van der Waals surface area contributed by atoms with Crippen LogP contribution >= 0.6 is 0 Å². The largest absolute Gasteiger partial charge is 0.475 e. The molecule has 0 atom stereocenters. The van der Waals surface area contributed by atoms with Gasteiger partial charge in [-0.1, -0.05) is 6.07 Å². The molecule has 8 nitrogen and oxygen atoms in total. The topological polar surface area (TPSA) is 111 Å². The normalized spacial score (nSPS) is 10.1. The summed E-state index contributed by atoms with van der Waals surface area (Å²) >= 11 is 0. The van der Waals surface area contributed by atoms with E-state index in [2.05, 4.69) is 20.6 Å². The first-order valence-electron chi connectivity index (χ1n) is 7.00. The number of hydrogen-bond donors (Lipinski definition) is 3. The maximum absolute atomic E-state index is 11.8. The van der Waals surface area contributed by atoms with Crippen LogP contribution in [0.1, 0.15) is 5.56 Å². The standard InChI is InChI=1S/C15H19N5O3/c1-22-6-7-23-14-5-3-12(10-18-14)20-15(21)19-9-11-2-4-13(16)17-8-11/h2-5,8,10H,6-7,9H2,1H3,(H2,16,17)(H2,19,20,21). The number of hydrogen-bond acceptors (Lipinski definition) is 6. The maximum atomic E-state index is 11.8. The van der Waals surface area contributed by atoms with Crippen LogP contribution in [0.2, 0.25) is 0 Å². The van der Waals surface area contributed by atoms with E-state index in [0.717, 1.165) is 5.56 Å². The Bertz CT molecular complexity index is 616. The molecule has 0 aliphatic carbocycles. The number of nitrogens with one attached hydrogen (secondary N) is 2. The molecule has 2 amide bonds. The van der Waals surface area contributed by atoms with Crippen LogP contribution < -0.4 is 21.1 Å². The number of nitrogens with two attached hydrogens (primary N) is 1. The van der Waals surface area contributed by atoms with Gasteiger partial charge in [-0.15, -0.1) is 0 Å². The van der Waals surface area contributed by atoms with Crippen molar-refractivity contribution in [2.24, 2.45) is 0 Å². The molecule has 0 bridgehead atoms. The third-order valence-corrected chi connectivity index (χ3v) is 2.83. The van der Waals surface area contributed by atoms with Crippen molar-refractivity contribution < 1.29 is 14.3 Å². The molecule has 8 heteroatoms. The molecule has 0 radical (unpaired) electrons. The summed E-state index contributed by atoms with van der Waals surface area (Å²) in [5.74, 6) is 0.915. The van der Waals surface area contributed by atoms with Crippen molar-refractivity contribution >= 4 is 17.5 Å². The van der Waals surface area contributed by atoms with E-state index < -0.39 is 0 Å². The SMILES string of the molecule is COCCOc1ccc(NC(=O)NCc2ccc(N)nc2)cn1. The second-order valence-electron chi connectivity index (χ2n) is 4.63. The van der Waals surface area contributed by atoms with Crippen molar-refractivity contribution in [3.63, 3.8) is 0 Å². The van der Waals surface area contributed by atoms with Crippen LogP contribution in [0, 0.1) is 0 Å². The molecule has 0 aromatic carbocycles. The van der Waals surface area contributed by atoms with Crippen molar-refractivity contribution in [3.8, 4) is 5.88 Å². The third kappa shape index (κ3) is 5.79. The molecular weight excluding hydrogens is 298 g/mol. The van der Waals surface area contributed by atoms with Crippen molar-refractivity contribution in [1.82, 2.24) is 15.3 Å². The summed E-state index contributed by atoms with van der Waals surface area (Å²) in [6, 6.07) is 6.53. The minimum Gasteiger partial charge on any atom is -0.475 e. The van der Waals surface area contributed by atoms with Gasteiger partial charge < -0.3 is 25.8 Å². The monoisotopic (exact) mass is 317 g/mol. The Morgan fingerprint density at radius 2 is 2.04 bits per heavy atom. The van der Waals surface area contributed by atoms with Gasteiger partial charge in [-0.2, -0.15) is 0 Å². The number of pyridine rings is 2. The van der Waals surface area contributed by atoms with Gasteiger partial charge in [-0.05, 0) is 17.7 Å². The number of urea groups is 1. The fourth-order valence-electron chi connectivity index (χ4n) is 1.67. The second kappa shape index (κ2) is 8.54. The average molecular weight is 317 g/mol. The van der Waals surface area contributed by atoms with Gasteiger partial charge in [0.2, 0.25) is 5.88 Å². The highest BCUT2D eigenvalue weighted by molar-refractivity contribution is 5.88. The highest BCUT2D eigenvalue weighted by Gasteiger charge is 2.03. The van der Waals surface area contributed by atoms with Gasteiger partial charge in [0.25, 0.3) is 0 Å². The van der Waals surface area contributed by atoms with Gasteiger partial charge in [0.15, 0.2) is 0 Å². The van der Waals surface area contributed by atoms with Gasteiger partial charge in [0.1, 0.15) is 12.4 Å². The highest BCUT2D eigenvalue weighted by Crippen LogP contribution is 2.11. The molecule has 0 saturated carbocycles. The van der Waals surface area contributed by atoms with Gasteiger partial charge in [0, 0.05) is 25.9 Å². The van der Waals surface area contributed by atoms with Crippen molar-refractivity contribution in [2.75, 3.05) is 31.4 Å². The molecule has 0 aliphatic heterocycles. The number of rotatable bonds is 7. The Kier molecular flexibility index (Phi) is 6.13. The summed E-state index contributed by atoms with van der Waals surface area (Å²) in [4.78, 5) is 19.8. The van der Waals surface area contributed by atoms with E-state index in [4.69, 9.17) is 15.2 Å². The van der Waals surface area contributed by atoms with Gasteiger partial charge in [-0.3, -0.25) is 0 Å². The van der Waals surface area contributed by atoms with E-state index in [1.54, 1.807) is 37.6 Å². The molecule has 122 valence electrons. The lowest BCUT2D eigenvalue weighted by Gasteiger charge is -2.08. The number of ether oxygens (including phenoxy) is 2. The first kappa shape index (κ1) is 16.5. The molecule has 0 fully saturated rings. The van der Waals surface area contributed by atoms with Crippen molar-refractivity contribution in [1.29, 1.82) is 0 Å². The van der Waals surface area contributed by atoms with E-state index in [1.165, 1.54) is 6.20 Å². The van der Waals surface area contributed by atoms with E-state index in [0.29, 0.717) is 37.1 Å². The summed E-state index contributed by atoms with van der Waals surface area (Å²) in [5, 5.41) is 5.40. The first-order chi connectivity index (χ1) is 11.2. The molecule has 2 aromatic heterocycles. The summed E-state index contributed by atoms with van der Waals surface area (Å²) in [5.41, 5.74) is 6.92. The number of amides is 2. The van der Waals surface area contributed by atoms with Crippen molar-refractivity contribution in [2.45, 2.75) is 6.54 Å². The summed E-state index contributed by atoms with van der Waals surface area (Å²) in [7, 11) is 1.60. The molecule has 2 aromatic rings. The van der Waals surface area contributed by atoms with Gasteiger partial charge >= 0.3 is 6.03 Å². The Hall–Kier alpha value is -2.87. The van der Waals surface area contributed by atoms with E-state index >= 15 is 0 Å². The van der Waals surface area contributed by atoms with Gasteiger partial charge in [-0.25, -0.2) is 14.8 Å². The van der Waals surface area contributed by atoms with Crippen LogP contribution in [-0.2, 0) is 11.3 Å². The van der Waals surface area contributed by atoms with E-state index in [-0.39, 0.29) is 6.03 Å². The molecule has 2 heterocycles. The molecule has 2 rings (SSSR count). The number of aromatic nitrogens is 2. The number of anilines is 2. The predicted octanol–water partition coefficient (Wildman–Crippen LogP) is 1.41. The maximum Gasteiger partial charge on any atom is 0.319 e. The molecule has 0 aliphatic rings. The Morgan fingerprint density at radius 1 is 1.17 bits per heavy atom. The quantitative estimate of drug-likeness (QED) is 0.666. The number of carbonyl (C=O) groups is 1. The predicted molar refractivity (Wildman–Crippen MR) is 86.1 cm³/mol. The van der Waals surface area contributed by atoms with Crippen LogP contribution in [0.4, 0.5) is 16.3 Å². The highest BCUT2D eigenvalue weighted by atomic mass is 16.5. The molecule has 4 N–H and O–H groups in total. The van der Waals surface area contributed by atoms with E-state index in [9.17, 15) is 4.79 Å². The third-order valence-electron chi connectivity index (χ3n) is 2.83. The zero-order valence-corrected chi connectivity index (χ0v) is 12.8. The fourth-order valence-corrected chi connectivity index (χ4v) is 1.67. The Balaban J connectivity index is 1.77. The molecule has 0 spiro atoms. The zero-order chi connectivity index (χ0) is 16.5.